The van der Waals surface area contributed by atoms with Crippen LogP contribution in [0.1, 0.15) is 10.4 Å². The first-order valence-electron chi connectivity index (χ1n) is 6.50. The van der Waals surface area contributed by atoms with E-state index in [0.717, 1.165) is 30.7 Å². The second-order valence-electron chi connectivity index (χ2n) is 4.53. The number of ether oxygens (including phenoxy) is 2. The van der Waals surface area contributed by atoms with Crippen molar-refractivity contribution in [3.8, 4) is 5.75 Å². The highest BCUT2D eigenvalue weighted by Gasteiger charge is 2.07. The molecule has 0 fully saturated rings. The summed E-state index contributed by atoms with van der Waals surface area (Å²) in [5.41, 5.74) is 2.13. The molecule has 2 aromatic rings. The molecule has 0 atom stereocenters. The summed E-state index contributed by atoms with van der Waals surface area (Å²) < 4.78 is 12.5. The maximum atomic E-state index is 6.05. The number of halogens is 2. The molecule has 0 aliphatic carbocycles. The van der Waals surface area contributed by atoms with Gasteiger partial charge >= 0.3 is 0 Å². The molecule has 3 nitrogen and oxygen atoms in total. The van der Waals surface area contributed by atoms with Gasteiger partial charge in [0.25, 0.3) is 0 Å². The van der Waals surface area contributed by atoms with E-state index >= 15 is 0 Å². The highest BCUT2D eigenvalue weighted by Crippen LogP contribution is 2.33. The fourth-order valence-electron chi connectivity index (χ4n) is 1.79. The van der Waals surface area contributed by atoms with Crippen LogP contribution >= 0.6 is 38.9 Å². The Morgan fingerprint density at radius 3 is 2.76 bits per heavy atom. The quantitative estimate of drug-likeness (QED) is 0.666. The predicted octanol–water partition coefficient (Wildman–Crippen LogP) is 5.11. The molecular formula is C15H17BrClNO2S. The largest absolute Gasteiger partial charge is 0.489 e. The summed E-state index contributed by atoms with van der Waals surface area (Å²) in [6.45, 7) is 3.86. The van der Waals surface area contributed by atoms with Gasteiger partial charge < -0.3 is 14.8 Å². The average Bonchev–Trinajstić information content (AvgIpc) is 2.77. The van der Waals surface area contributed by atoms with Gasteiger partial charge in [0.2, 0.25) is 0 Å². The third-order valence-electron chi connectivity index (χ3n) is 2.83. The Balaban J connectivity index is 2.04. The lowest BCUT2D eigenvalue weighted by molar-refractivity contribution is 0.146. The number of methoxy groups -OCH3 is 1. The summed E-state index contributed by atoms with van der Waals surface area (Å²) >= 11 is 11.0. The third-order valence-corrected chi connectivity index (χ3v) is 5.31. The summed E-state index contributed by atoms with van der Waals surface area (Å²) in [5.74, 6) is 0.841. The van der Waals surface area contributed by atoms with Crippen LogP contribution in [0.25, 0.3) is 0 Å². The molecule has 0 bridgehead atoms. The summed E-state index contributed by atoms with van der Waals surface area (Å²) in [7, 11) is 1.66. The number of thiophene rings is 1. The summed E-state index contributed by atoms with van der Waals surface area (Å²) in [5, 5.41) is 3.39. The molecule has 0 aliphatic heterocycles. The van der Waals surface area contributed by atoms with E-state index in [2.05, 4.69) is 27.3 Å². The van der Waals surface area contributed by atoms with Crippen molar-refractivity contribution in [3.63, 3.8) is 0 Å². The Bertz CT molecular complexity index is 584. The van der Waals surface area contributed by atoms with Crippen LogP contribution in [0.5, 0.6) is 5.75 Å². The molecule has 0 unspecified atom stereocenters. The maximum absolute atomic E-state index is 6.05. The first kappa shape index (κ1) is 16.6. The van der Waals surface area contributed by atoms with Crippen molar-refractivity contribution in [2.24, 2.45) is 0 Å². The highest BCUT2D eigenvalue weighted by atomic mass is 79.9. The topological polar surface area (TPSA) is 30.5 Å². The number of hydrogen-bond donors (Lipinski definition) is 1. The predicted molar refractivity (Wildman–Crippen MR) is 92.9 cm³/mol. The van der Waals surface area contributed by atoms with Gasteiger partial charge in [0.1, 0.15) is 16.7 Å². The van der Waals surface area contributed by atoms with E-state index in [1.165, 1.54) is 0 Å². The molecule has 114 valence electrons. The SMILES string of the molecule is COCCOc1cc(C)ccc1NCc1cc(Br)c(Cl)s1. The first-order valence-corrected chi connectivity index (χ1v) is 8.49. The van der Waals surface area contributed by atoms with Crippen LogP contribution in [0.2, 0.25) is 4.34 Å². The zero-order chi connectivity index (χ0) is 15.2. The van der Waals surface area contributed by atoms with Gasteiger partial charge in [0.05, 0.1) is 12.3 Å². The smallest absolute Gasteiger partial charge is 0.142 e. The molecule has 0 radical (unpaired) electrons. The van der Waals surface area contributed by atoms with Gasteiger partial charge in [-0.1, -0.05) is 17.7 Å². The van der Waals surface area contributed by atoms with Crippen molar-refractivity contribution in [1.82, 2.24) is 0 Å². The minimum absolute atomic E-state index is 0.533. The molecule has 0 amide bonds. The number of hydrogen-bond acceptors (Lipinski definition) is 4. The number of nitrogens with one attached hydrogen (secondary N) is 1. The van der Waals surface area contributed by atoms with Gasteiger partial charge in [-0.2, -0.15) is 0 Å². The molecule has 0 saturated carbocycles. The van der Waals surface area contributed by atoms with Gasteiger partial charge in [-0.3, -0.25) is 0 Å². The van der Waals surface area contributed by atoms with Crippen molar-refractivity contribution in [2.75, 3.05) is 25.6 Å². The normalized spacial score (nSPS) is 10.7. The van der Waals surface area contributed by atoms with Gasteiger partial charge in [0, 0.05) is 23.0 Å². The Hall–Kier alpha value is -0.750. The molecule has 1 heterocycles. The number of benzene rings is 1. The van der Waals surface area contributed by atoms with Crippen molar-refractivity contribution >= 4 is 44.6 Å². The van der Waals surface area contributed by atoms with Crippen LogP contribution in [0, 0.1) is 6.92 Å². The fourth-order valence-corrected chi connectivity index (χ4v) is 3.52. The second-order valence-corrected chi connectivity index (χ2v) is 7.12. The molecule has 1 aromatic carbocycles. The van der Waals surface area contributed by atoms with Crippen LogP contribution in [-0.2, 0) is 11.3 Å². The van der Waals surface area contributed by atoms with Crippen LogP contribution in [0.3, 0.4) is 0 Å². The van der Waals surface area contributed by atoms with Gasteiger partial charge in [-0.25, -0.2) is 0 Å². The van der Waals surface area contributed by atoms with E-state index < -0.39 is 0 Å². The van der Waals surface area contributed by atoms with E-state index in [1.807, 2.05) is 25.1 Å². The molecule has 6 heteroatoms. The molecule has 1 aromatic heterocycles. The van der Waals surface area contributed by atoms with E-state index in [4.69, 9.17) is 21.1 Å². The lowest BCUT2D eigenvalue weighted by Crippen LogP contribution is -2.07. The Kier molecular flexibility index (Phi) is 6.36. The van der Waals surface area contributed by atoms with Crippen LogP contribution < -0.4 is 10.1 Å². The molecule has 2 rings (SSSR count). The Morgan fingerprint density at radius 1 is 1.29 bits per heavy atom. The lowest BCUT2D eigenvalue weighted by Gasteiger charge is -2.13. The van der Waals surface area contributed by atoms with E-state index in [0.29, 0.717) is 19.8 Å². The fraction of sp³-hybridized carbons (Fsp3) is 0.333. The summed E-state index contributed by atoms with van der Waals surface area (Å²) in [4.78, 5) is 1.16. The number of aryl methyl sites for hydroxylation is 1. The first-order chi connectivity index (χ1) is 10.1. The van der Waals surface area contributed by atoms with Crippen molar-refractivity contribution in [3.05, 3.63) is 43.5 Å². The van der Waals surface area contributed by atoms with Crippen molar-refractivity contribution < 1.29 is 9.47 Å². The van der Waals surface area contributed by atoms with E-state index in [9.17, 15) is 0 Å². The molecule has 0 spiro atoms. The Morgan fingerprint density at radius 2 is 2.10 bits per heavy atom. The van der Waals surface area contributed by atoms with Crippen LogP contribution in [0.15, 0.2) is 28.7 Å². The molecular weight excluding hydrogens is 374 g/mol. The summed E-state index contributed by atoms with van der Waals surface area (Å²) in [6, 6.07) is 8.14. The summed E-state index contributed by atoms with van der Waals surface area (Å²) in [6.07, 6.45) is 0. The zero-order valence-electron chi connectivity index (χ0n) is 11.9. The Labute approximate surface area is 142 Å². The maximum Gasteiger partial charge on any atom is 0.142 e. The highest BCUT2D eigenvalue weighted by molar-refractivity contribution is 9.10. The minimum Gasteiger partial charge on any atom is -0.489 e. The average molecular weight is 391 g/mol. The lowest BCUT2D eigenvalue weighted by atomic mass is 10.2. The molecule has 1 N–H and O–H groups in total. The van der Waals surface area contributed by atoms with Gasteiger partial charge in [0.15, 0.2) is 0 Å². The van der Waals surface area contributed by atoms with Crippen molar-refractivity contribution in [1.29, 1.82) is 0 Å². The number of rotatable bonds is 7. The zero-order valence-corrected chi connectivity index (χ0v) is 15.1. The minimum atomic E-state index is 0.533. The van der Waals surface area contributed by atoms with Crippen molar-refractivity contribution in [2.45, 2.75) is 13.5 Å². The number of anilines is 1. The molecule has 21 heavy (non-hydrogen) atoms. The van der Waals surface area contributed by atoms with Crippen LogP contribution in [0.4, 0.5) is 5.69 Å². The molecule has 0 aliphatic rings. The van der Waals surface area contributed by atoms with Gasteiger partial charge in [-0.05, 0) is 46.6 Å². The van der Waals surface area contributed by atoms with E-state index in [-0.39, 0.29) is 0 Å². The van der Waals surface area contributed by atoms with Crippen LogP contribution in [-0.4, -0.2) is 20.3 Å². The second kappa shape index (κ2) is 8.03. The standard InChI is InChI=1S/C15H17BrClNO2S/c1-10-3-4-13(14(7-10)20-6-5-19-2)18-9-11-8-12(16)15(17)21-11/h3-4,7-8,18H,5-6,9H2,1-2H3. The van der Waals surface area contributed by atoms with E-state index in [1.54, 1.807) is 18.4 Å². The third kappa shape index (κ3) is 4.88. The van der Waals surface area contributed by atoms with Gasteiger partial charge in [-0.15, -0.1) is 11.3 Å². The monoisotopic (exact) mass is 389 g/mol. The molecule has 0 saturated heterocycles.